The average Bonchev–Trinajstić information content (AvgIpc) is 1.04. The van der Waals surface area contributed by atoms with Crippen molar-refractivity contribution in [2.24, 2.45) is 85.8 Å². The lowest BCUT2D eigenvalue weighted by Crippen LogP contribution is -2.79. The van der Waals surface area contributed by atoms with Crippen LogP contribution < -0.4 is 10.2 Å². The van der Waals surface area contributed by atoms with E-state index in [1.54, 1.807) is 35.6 Å². The molecule has 6 saturated carbocycles. The van der Waals surface area contributed by atoms with E-state index in [9.17, 15) is 46.0 Å². The van der Waals surface area contributed by atoms with Gasteiger partial charge >= 0.3 is 0 Å². The second-order valence-corrected chi connectivity index (χ2v) is 31.3. The zero-order chi connectivity index (χ0) is 58.0. The van der Waals surface area contributed by atoms with Crippen LogP contribution in [0, 0.1) is 85.8 Å². The van der Waals surface area contributed by atoms with Crippen LogP contribution in [0.3, 0.4) is 0 Å². The van der Waals surface area contributed by atoms with Gasteiger partial charge in [0, 0.05) is 78.3 Å². The first-order valence-corrected chi connectivity index (χ1v) is 33.5. The zero-order valence-corrected chi connectivity index (χ0v) is 50.2. The quantitative estimate of drug-likeness (QED) is 0.0791. The molecule has 15 rings (SSSR count). The Morgan fingerprint density at radius 2 is 1.77 bits per heavy atom. The van der Waals surface area contributed by atoms with E-state index < -0.39 is 115 Å². The van der Waals surface area contributed by atoms with Crippen LogP contribution in [0.5, 0.6) is 5.75 Å². The first-order chi connectivity index (χ1) is 39.1. The predicted octanol–water partition coefficient (Wildman–Crippen LogP) is 5.94. The number of aromatic nitrogens is 2. The van der Waals surface area contributed by atoms with Crippen LogP contribution in [0.25, 0.3) is 0 Å². The van der Waals surface area contributed by atoms with E-state index in [2.05, 4.69) is 43.2 Å². The highest BCUT2D eigenvalue weighted by Crippen LogP contribution is 2.82. The molecule has 13 aliphatic rings. The minimum absolute atomic E-state index is 0.0384. The number of imidazole rings is 1. The number of hydrogen-bond donors (Lipinski definition) is 10. The highest BCUT2D eigenvalue weighted by atomic mass is 33.1. The van der Waals surface area contributed by atoms with Gasteiger partial charge in [-0.2, -0.15) is 0 Å². The third-order valence-electron chi connectivity index (χ3n) is 26.2. The lowest BCUT2D eigenvalue weighted by molar-refractivity contribution is -0.310. The third-order valence-corrected chi connectivity index (χ3v) is 28.8. The van der Waals surface area contributed by atoms with Gasteiger partial charge < -0.3 is 65.5 Å². The molecule has 450 valence electrons. The number of epoxide rings is 1. The van der Waals surface area contributed by atoms with Gasteiger partial charge in [-0.05, 0) is 179 Å². The molecule has 6 heterocycles. The molecule has 2 saturated heterocycles. The number of ketones is 1. The number of allylic oxidation sites excluding steroid dienone is 2. The Morgan fingerprint density at radius 1 is 0.963 bits per heavy atom. The van der Waals surface area contributed by atoms with Crippen LogP contribution >= 0.6 is 21.6 Å². The maximum Gasteiger partial charge on any atom is 0.234 e. The van der Waals surface area contributed by atoms with Crippen LogP contribution in [-0.4, -0.2) is 153 Å². The molecule has 2 aromatic rings. The van der Waals surface area contributed by atoms with Crippen molar-refractivity contribution < 1.29 is 60.3 Å². The molecule has 5 spiro atoms. The molecular formula is C64H90N4O12S2. The molecule has 8 bridgehead atoms. The third kappa shape index (κ3) is 7.32. The molecule has 18 heteroatoms. The first kappa shape index (κ1) is 58.2. The number of hydrogen-bond acceptors (Lipinski definition) is 16. The Hall–Kier alpha value is -2.85. The number of aromatic hydroxyl groups is 1. The number of phenols is 1. The number of nitrogens with one attached hydrogen (secondary N) is 1. The van der Waals surface area contributed by atoms with Gasteiger partial charge in [0.1, 0.15) is 28.5 Å². The van der Waals surface area contributed by atoms with E-state index in [1.807, 2.05) is 30.8 Å². The molecular weight excluding hydrogens is 1080 g/mol. The SMILES string of the molecule is CNC[C@H]1CC[C@]2(CN3C(=O)[C@]24[C@@H](CO)CCC[C@H]4CSS[C@@H](O)[C@@]24C[C@@H](O)[C@](O)(CO)[C@]5(CC[C@@H](Cn6ccnc6)C5)[C@]2(C)[C@H]2C[C@H]5C=CC[C@](O)([C@@H]6O[C@H]6[C@H](C)C(C)C)[C@H]6CC[C@@](O)(C2=CC4=O)[C@]56CCc2cc(O)cc3c2)[C@@H]1O. The van der Waals surface area contributed by atoms with E-state index in [0.29, 0.717) is 101 Å². The normalized spacial score (nSPS) is 48.9. The van der Waals surface area contributed by atoms with Gasteiger partial charge in [0.05, 0.1) is 47.7 Å². The number of nitrogens with zero attached hydrogens (tertiary/aromatic N) is 3. The summed E-state index contributed by atoms with van der Waals surface area (Å²) < 4.78 is 8.61. The summed E-state index contributed by atoms with van der Waals surface area (Å²) in [5.41, 5.74) is -13.1. The Bertz CT molecular complexity index is 2890. The fraction of sp³-hybridized carbons (Fsp3) is 0.766. The number of aryl methyl sites for hydroxylation is 1. The van der Waals surface area contributed by atoms with E-state index >= 15 is 9.59 Å². The molecule has 10 N–H and O–H groups in total. The summed E-state index contributed by atoms with van der Waals surface area (Å²) >= 11 is 0. The number of aliphatic hydroxyl groups is 8. The Morgan fingerprint density at radius 3 is 2.50 bits per heavy atom. The molecule has 1 aromatic heterocycles. The second-order valence-electron chi connectivity index (χ2n) is 28.8. The summed E-state index contributed by atoms with van der Waals surface area (Å²) in [6.07, 6.45) is 13.7. The van der Waals surface area contributed by atoms with Crippen LogP contribution in [0.1, 0.15) is 123 Å². The second kappa shape index (κ2) is 20.1. The van der Waals surface area contributed by atoms with Gasteiger partial charge in [0.15, 0.2) is 5.78 Å². The fourth-order valence-corrected chi connectivity index (χ4v) is 25.2. The van der Waals surface area contributed by atoms with Gasteiger partial charge in [-0.3, -0.25) is 9.59 Å². The molecule has 1 amide bonds. The molecule has 22 atom stereocenters. The van der Waals surface area contributed by atoms with E-state index in [-0.39, 0.29) is 73.8 Å². The van der Waals surface area contributed by atoms with E-state index in [0.717, 1.165) is 22.8 Å². The van der Waals surface area contributed by atoms with Crippen LogP contribution in [0.4, 0.5) is 5.69 Å². The maximum absolute atomic E-state index is 16.6. The molecule has 8 fully saturated rings. The number of anilines is 1. The lowest BCUT2D eigenvalue weighted by Gasteiger charge is -2.74. The molecule has 82 heavy (non-hydrogen) atoms. The molecule has 16 nitrogen and oxygen atoms in total. The summed E-state index contributed by atoms with van der Waals surface area (Å²) in [7, 11) is 4.38. The predicted molar refractivity (Wildman–Crippen MR) is 312 cm³/mol. The molecule has 1 aromatic carbocycles. The standard InChI is InChI=1S/C64H90N4O12S2/c1-36(2)37(3)51-53(80-51)61(77)15-7-10-41-24-46-47-26-49(72)60(28-50(73)63(79,34-70)58(56(46,60)4)17-11-39(27-58)30-67-21-20-66-35-67)55(76)82-81-32-43-9-6-8-42(31-69)64(43)54(75)68(33-57(64)16-13-40(29-65-5)52(57)74)44-22-38(23-45(71)25-44)12-18-59(41)48(61)14-19-62(47,59)78/h7,10,20-23,25-26,35-37,39-43,46,48,50-53,55,65,69-71,73-74,76-79H,6,8-9,11-19,24,27-34H2,1-5H3/t37-,39-,40-,41-,42-,43+,46+,48+,50-,51+,52-,53-,55-,56+,57+,58+,59-,60+,61-,62-,63-,64-/m1/s1. The number of ether oxygens (including phenoxy) is 1. The van der Waals surface area contributed by atoms with Crippen LogP contribution in [-0.2, 0) is 27.3 Å². The Labute approximate surface area is 490 Å². The number of aliphatic hydroxyl groups excluding tert-OH is 5. The number of rotatable bonds is 9. The number of fused-ring (bicyclic) bond motifs is 1. The van der Waals surface area contributed by atoms with Gasteiger partial charge in [0.2, 0.25) is 5.91 Å². The highest BCUT2D eigenvalue weighted by Gasteiger charge is 2.84. The van der Waals surface area contributed by atoms with Crippen molar-refractivity contribution in [3.63, 3.8) is 0 Å². The van der Waals surface area contributed by atoms with Crippen molar-refractivity contribution in [2.45, 2.75) is 177 Å². The summed E-state index contributed by atoms with van der Waals surface area (Å²) in [6.45, 7) is 8.68. The maximum atomic E-state index is 16.6. The molecule has 8 aliphatic carbocycles. The summed E-state index contributed by atoms with van der Waals surface area (Å²) in [4.78, 5) is 39.0. The van der Waals surface area contributed by atoms with E-state index in [4.69, 9.17) is 4.74 Å². The minimum Gasteiger partial charge on any atom is -0.508 e. The van der Waals surface area contributed by atoms with Gasteiger partial charge in [-0.25, -0.2) is 4.98 Å². The monoisotopic (exact) mass is 1170 g/mol. The van der Waals surface area contributed by atoms with Gasteiger partial charge in [-0.1, -0.05) is 67.9 Å². The van der Waals surface area contributed by atoms with Crippen molar-refractivity contribution in [1.82, 2.24) is 14.9 Å². The Kier molecular flexibility index (Phi) is 14.3. The first-order valence-electron chi connectivity index (χ1n) is 31.1. The lowest BCUT2D eigenvalue weighted by atomic mass is 9.31. The smallest absolute Gasteiger partial charge is 0.234 e. The van der Waals surface area contributed by atoms with Crippen LogP contribution in [0.15, 0.2) is 60.7 Å². The van der Waals surface area contributed by atoms with Crippen molar-refractivity contribution >= 4 is 39.0 Å². The van der Waals surface area contributed by atoms with Crippen LogP contribution in [0.2, 0.25) is 0 Å². The fourth-order valence-electron chi connectivity index (χ4n) is 22.2. The van der Waals surface area contributed by atoms with E-state index in [1.165, 1.54) is 10.8 Å². The number of benzene rings is 1. The average molecular weight is 1170 g/mol. The summed E-state index contributed by atoms with van der Waals surface area (Å²) in [5, 5.41) is 120. The molecule has 0 unspecified atom stereocenters. The molecule has 5 aliphatic heterocycles. The summed E-state index contributed by atoms with van der Waals surface area (Å²) in [6, 6.07) is 5.32. The summed E-state index contributed by atoms with van der Waals surface area (Å²) in [5.74, 6) is -2.78. The number of amides is 1. The van der Waals surface area contributed by atoms with Gasteiger partial charge in [-0.15, -0.1) is 0 Å². The van der Waals surface area contributed by atoms with Crippen molar-refractivity contribution in [1.29, 1.82) is 0 Å². The van der Waals surface area contributed by atoms with Crippen molar-refractivity contribution in [3.8, 4) is 5.75 Å². The van der Waals surface area contributed by atoms with Crippen molar-refractivity contribution in [3.05, 3.63) is 66.3 Å². The highest BCUT2D eigenvalue weighted by molar-refractivity contribution is 8.76. The number of carbonyl (C=O) groups excluding carboxylic acids is 2. The minimum atomic E-state index is -2.14. The van der Waals surface area contributed by atoms with Gasteiger partial charge in [0.25, 0.3) is 0 Å². The number of carbonyl (C=O) groups is 2. The molecule has 0 radical (unpaired) electrons. The van der Waals surface area contributed by atoms with Crippen molar-refractivity contribution in [2.75, 3.05) is 44.0 Å². The Balaban J connectivity index is 1.03. The zero-order valence-electron chi connectivity index (χ0n) is 48.5. The largest absolute Gasteiger partial charge is 0.508 e. The number of phenolic OH excluding ortho intramolecular Hbond substituents is 1. The topological polar surface area (TPSA) is 262 Å².